The van der Waals surface area contributed by atoms with Gasteiger partial charge in [0.2, 0.25) is 10.0 Å². The molecule has 0 aliphatic heterocycles. The van der Waals surface area contributed by atoms with Crippen molar-refractivity contribution in [3.05, 3.63) is 89.0 Å². The number of benzene rings is 3. The predicted molar refractivity (Wildman–Crippen MR) is 161 cm³/mol. The van der Waals surface area contributed by atoms with E-state index in [4.69, 9.17) is 4.98 Å². The Kier molecular flexibility index (Phi) is 8.89. The maximum atomic E-state index is 13.9. The fourth-order valence-corrected chi connectivity index (χ4v) is 7.53. The molecule has 0 bridgehead atoms. The van der Waals surface area contributed by atoms with Crippen molar-refractivity contribution in [2.24, 2.45) is 11.8 Å². The molecule has 0 radical (unpaired) electrons. The Labute approximate surface area is 236 Å². The molecule has 206 valence electrons. The van der Waals surface area contributed by atoms with Gasteiger partial charge < -0.3 is 0 Å². The van der Waals surface area contributed by atoms with E-state index in [0.717, 1.165) is 26.9 Å². The number of aromatic nitrogens is 1. The van der Waals surface area contributed by atoms with Crippen molar-refractivity contribution in [2.75, 3.05) is 18.0 Å². The SMILES string of the molecule is Cc1cc(C)c2nc(N(Cc3ccccc3)C(=O)c3ccc(S(=O)(=O)N(CC(C)C)CC(C)C)cc3)sc2c1. The van der Waals surface area contributed by atoms with E-state index in [2.05, 4.69) is 19.1 Å². The molecule has 0 spiro atoms. The first-order valence-corrected chi connectivity index (χ1v) is 15.5. The van der Waals surface area contributed by atoms with Gasteiger partial charge in [0, 0.05) is 18.7 Å². The van der Waals surface area contributed by atoms with Gasteiger partial charge in [-0.2, -0.15) is 4.31 Å². The van der Waals surface area contributed by atoms with Crippen LogP contribution in [0.4, 0.5) is 5.13 Å². The van der Waals surface area contributed by atoms with E-state index >= 15 is 0 Å². The number of amides is 1. The number of hydrogen-bond acceptors (Lipinski definition) is 5. The van der Waals surface area contributed by atoms with Crippen LogP contribution in [0.15, 0.2) is 71.6 Å². The number of hydrogen-bond donors (Lipinski definition) is 0. The van der Waals surface area contributed by atoms with Gasteiger partial charge in [-0.05, 0) is 72.7 Å². The van der Waals surface area contributed by atoms with Crippen molar-refractivity contribution in [3.8, 4) is 0 Å². The van der Waals surface area contributed by atoms with Crippen molar-refractivity contribution in [3.63, 3.8) is 0 Å². The van der Waals surface area contributed by atoms with Crippen LogP contribution in [-0.2, 0) is 16.6 Å². The summed E-state index contributed by atoms with van der Waals surface area (Å²) in [5.74, 6) is 0.178. The highest BCUT2D eigenvalue weighted by Crippen LogP contribution is 2.33. The minimum absolute atomic E-state index is 0.195. The van der Waals surface area contributed by atoms with Crippen molar-refractivity contribution in [1.29, 1.82) is 0 Å². The summed E-state index contributed by atoms with van der Waals surface area (Å²) in [6.45, 7) is 13.4. The maximum absolute atomic E-state index is 13.9. The van der Waals surface area contributed by atoms with Gasteiger partial charge in [-0.1, -0.05) is 75.4 Å². The van der Waals surface area contributed by atoms with Crippen LogP contribution in [0.3, 0.4) is 0 Å². The first-order chi connectivity index (χ1) is 18.5. The smallest absolute Gasteiger partial charge is 0.260 e. The van der Waals surface area contributed by atoms with Gasteiger partial charge in [-0.3, -0.25) is 9.69 Å². The maximum Gasteiger partial charge on any atom is 0.260 e. The zero-order valence-electron chi connectivity index (χ0n) is 23.5. The summed E-state index contributed by atoms with van der Waals surface area (Å²) in [6.07, 6.45) is 0. The second kappa shape index (κ2) is 12.0. The standard InChI is InChI=1S/C31H37N3O3S2/c1-21(2)18-33(19-22(3)4)39(36,37)27-14-12-26(13-15-27)30(35)34(20-25-10-8-7-9-11-25)31-32-29-24(6)16-23(5)17-28(29)38-31/h7-17,21-22H,18-20H2,1-6H3. The highest BCUT2D eigenvalue weighted by Gasteiger charge is 2.27. The lowest BCUT2D eigenvalue weighted by Crippen LogP contribution is -2.37. The lowest BCUT2D eigenvalue weighted by molar-refractivity contribution is 0.0985. The number of thiazole rings is 1. The minimum atomic E-state index is -3.68. The normalized spacial score (nSPS) is 12.1. The summed E-state index contributed by atoms with van der Waals surface area (Å²) >= 11 is 1.49. The lowest BCUT2D eigenvalue weighted by Gasteiger charge is -2.26. The average Bonchev–Trinajstić information content (AvgIpc) is 3.31. The third kappa shape index (κ3) is 6.75. The van der Waals surface area contributed by atoms with E-state index in [9.17, 15) is 13.2 Å². The van der Waals surface area contributed by atoms with Crippen molar-refractivity contribution in [1.82, 2.24) is 9.29 Å². The first-order valence-electron chi connectivity index (χ1n) is 13.3. The van der Waals surface area contributed by atoms with Crippen LogP contribution in [0.2, 0.25) is 0 Å². The quantitative estimate of drug-likeness (QED) is 0.207. The van der Waals surface area contributed by atoms with Crippen molar-refractivity contribution >= 4 is 42.6 Å². The van der Waals surface area contributed by atoms with Crippen LogP contribution in [0.5, 0.6) is 0 Å². The summed E-state index contributed by atoms with van der Waals surface area (Å²) in [5.41, 5.74) is 4.51. The largest absolute Gasteiger partial charge is 0.279 e. The molecule has 4 aromatic rings. The number of carbonyl (C=O) groups excluding carboxylic acids is 1. The zero-order chi connectivity index (χ0) is 28.3. The molecular weight excluding hydrogens is 526 g/mol. The van der Waals surface area contributed by atoms with Gasteiger partial charge in [-0.15, -0.1) is 0 Å². The van der Waals surface area contributed by atoms with Crippen LogP contribution in [0.1, 0.15) is 54.7 Å². The lowest BCUT2D eigenvalue weighted by atomic mass is 10.1. The van der Waals surface area contributed by atoms with E-state index in [0.29, 0.717) is 30.3 Å². The molecule has 8 heteroatoms. The fraction of sp³-hybridized carbons (Fsp3) is 0.355. The van der Waals surface area contributed by atoms with Gasteiger partial charge in [-0.25, -0.2) is 13.4 Å². The molecule has 0 unspecified atom stereocenters. The Bertz CT molecular complexity index is 1530. The molecule has 3 aromatic carbocycles. The Morgan fingerprint density at radius 2 is 1.51 bits per heavy atom. The van der Waals surface area contributed by atoms with Gasteiger partial charge >= 0.3 is 0 Å². The first kappa shape index (κ1) is 28.9. The van der Waals surface area contributed by atoms with Gasteiger partial charge in [0.05, 0.1) is 21.7 Å². The summed E-state index contributed by atoms with van der Waals surface area (Å²) in [6, 6.07) is 20.3. The van der Waals surface area contributed by atoms with E-state index in [1.165, 1.54) is 11.3 Å². The van der Waals surface area contributed by atoms with E-state index in [1.54, 1.807) is 33.5 Å². The number of nitrogens with zero attached hydrogens (tertiary/aromatic N) is 3. The van der Waals surface area contributed by atoms with Crippen LogP contribution >= 0.6 is 11.3 Å². The van der Waals surface area contributed by atoms with E-state index in [1.807, 2.05) is 65.0 Å². The molecule has 4 rings (SSSR count). The highest BCUT2D eigenvalue weighted by atomic mass is 32.2. The second-order valence-corrected chi connectivity index (χ2v) is 13.9. The number of anilines is 1. The summed E-state index contributed by atoms with van der Waals surface area (Å²) in [5, 5.41) is 0.615. The Balaban J connectivity index is 1.69. The molecule has 39 heavy (non-hydrogen) atoms. The Morgan fingerprint density at radius 3 is 2.10 bits per heavy atom. The number of carbonyl (C=O) groups is 1. The zero-order valence-corrected chi connectivity index (χ0v) is 25.1. The third-order valence-electron chi connectivity index (χ3n) is 6.35. The molecular formula is C31H37N3O3S2. The van der Waals surface area contributed by atoms with Crippen LogP contribution < -0.4 is 4.90 Å². The average molecular weight is 564 g/mol. The number of aryl methyl sites for hydroxylation is 2. The molecule has 1 heterocycles. The highest BCUT2D eigenvalue weighted by molar-refractivity contribution is 7.89. The number of sulfonamides is 1. The van der Waals surface area contributed by atoms with Gasteiger partial charge in [0.25, 0.3) is 5.91 Å². The van der Waals surface area contributed by atoms with E-state index in [-0.39, 0.29) is 22.6 Å². The Morgan fingerprint density at radius 1 is 0.897 bits per heavy atom. The second-order valence-electron chi connectivity index (χ2n) is 10.9. The van der Waals surface area contributed by atoms with Crippen molar-refractivity contribution in [2.45, 2.75) is 53.0 Å². The van der Waals surface area contributed by atoms with Gasteiger partial charge in [0.1, 0.15) is 0 Å². The van der Waals surface area contributed by atoms with Crippen molar-refractivity contribution < 1.29 is 13.2 Å². The molecule has 1 aromatic heterocycles. The summed E-state index contributed by atoms with van der Waals surface area (Å²) < 4.78 is 29.5. The molecule has 0 fully saturated rings. The molecule has 0 aliphatic carbocycles. The predicted octanol–water partition coefficient (Wildman–Crippen LogP) is 7.06. The van der Waals surface area contributed by atoms with Crippen LogP contribution in [0, 0.1) is 25.7 Å². The number of rotatable bonds is 10. The van der Waals surface area contributed by atoms with Crippen LogP contribution in [-0.4, -0.2) is 36.7 Å². The molecule has 0 aliphatic rings. The van der Waals surface area contributed by atoms with Crippen LogP contribution in [0.25, 0.3) is 10.2 Å². The monoisotopic (exact) mass is 563 g/mol. The topological polar surface area (TPSA) is 70.6 Å². The number of fused-ring (bicyclic) bond motifs is 1. The molecule has 1 amide bonds. The molecule has 0 saturated carbocycles. The molecule has 0 N–H and O–H groups in total. The minimum Gasteiger partial charge on any atom is -0.279 e. The fourth-order valence-electron chi connectivity index (χ4n) is 4.63. The summed E-state index contributed by atoms with van der Waals surface area (Å²) in [7, 11) is -3.68. The molecule has 0 saturated heterocycles. The molecule has 6 nitrogen and oxygen atoms in total. The summed E-state index contributed by atoms with van der Waals surface area (Å²) in [4.78, 5) is 20.6. The van der Waals surface area contributed by atoms with Gasteiger partial charge in [0.15, 0.2) is 5.13 Å². The van der Waals surface area contributed by atoms with E-state index < -0.39 is 10.0 Å². The molecule has 0 atom stereocenters. The third-order valence-corrected chi connectivity index (χ3v) is 9.23. The Hall–Kier alpha value is -3.07.